The standard InChI is InChI=1S/C69H139NO4/c1-3-5-7-9-11-13-15-17-19-21-23-25-26-27-28-29-30-31-32-33-34-35-36-37-38-39-40-41-42-44-46-48-50-52-54-56-58-60-62-64-68(73)70-66(65-71)69(74)67(72)63-61-59-57-55-53-51-49-47-45-43-24-22-20-18-16-14-12-10-8-6-4-2/h66-67,69,71-72,74H,3-65H2,1-2H3,(H,70,73). The Kier molecular flexibility index (Phi) is 64.3. The van der Waals surface area contributed by atoms with E-state index in [0.717, 1.165) is 32.1 Å². The number of nitrogens with one attached hydrogen (secondary N) is 1. The highest BCUT2D eigenvalue weighted by atomic mass is 16.3. The van der Waals surface area contributed by atoms with Crippen molar-refractivity contribution in [1.82, 2.24) is 5.32 Å². The summed E-state index contributed by atoms with van der Waals surface area (Å²) in [6, 6.07) is -0.805. The van der Waals surface area contributed by atoms with Crippen LogP contribution in [-0.4, -0.2) is 46.1 Å². The van der Waals surface area contributed by atoms with E-state index in [1.54, 1.807) is 0 Å². The van der Waals surface area contributed by atoms with E-state index < -0.39 is 18.2 Å². The molecule has 0 bridgehead atoms. The predicted molar refractivity (Wildman–Crippen MR) is 329 cm³/mol. The molecule has 5 nitrogen and oxygen atoms in total. The summed E-state index contributed by atoms with van der Waals surface area (Å²) in [5.41, 5.74) is 0. The van der Waals surface area contributed by atoms with Crippen LogP contribution in [0.2, 0.25) is 0 Å². The lowest BCUT2D eigenvalue weighted by molar-refractivity contribution is -0.124. The van der Waals surface area contributed by atoms with E-state index in [4.69, 9.17) is 0 Å². The quantitative estimate of drug-likeness (QED) is 0.0457. The van der Waals surface area contributed by atoms with Gasteiger partial charge in [-0.05, 0) is 12.8 Å². The Bertz CT molecular complexity index is 1020. The largest absolute Gasteiger partial charge is 0.394 e. The van der Waals surface area contributed by atoms with Crippen LogP contribution in [0.25, 0.3) is 0 Å². The molecule has 74 heavy (non-hydrogen) atoms. The second-order valence-electron chi connectivity index (χ2n) is 24.5. The number of hydrogen-bond acceptors (Lipinski definition) is 4. The first kappa shape index (κ1) is 73.3. The first-order chi connectivity index (χ1) is 36.6. The first-order valence-corrected chi connectivity index (χ1v) is 34.8. The van der Waals surface area contributed by atoms with Gasteiger partial charge >= 0.3 is 0 Å². The van der Waals surface area contributed by atoms with Gasteiger partial charge in [0.2, 0.25) is 5.91 Å². The molecule has 5 heteroatoms. The Balaban J connectivity index is 3.39. The second-order valence-corrected chi connectivity index (χ2v) is 24.5. The third kappa shape index (κ3) is 59.0. The van der Waals surface area contributed by atoms with Crippen LogP contribution in [0.15, 0.2) is 0 Å². The fraction of sp³-hybridized carbons (Fsp3) is 0.986. The summed E-state index contributed by atoms with van der Waals surface area (Å²) in [6.07, 6.45) is 81.9. The number of aliphatic hydroxyl groups excluding tert-OH is 3. The second kappa shape index (κ2) is 64.9. The molecular formula is C69H139NO4. The minimum atomic E-state index is -1.13. The van der Waals surface area contributed by atoms with Crippen molar-refractivity contribution in [2.75, 3.05) is 6.61 Å². The predicted octanol–water partition coefficient (Wildman–Crippen LogP) is 22.4. The highest BCUT2D eigenvalue weighted by Crippen LogP contribution is 2.20. The Labute approximate surface area is 466 Å². The highest BCUT2D eigenvalue weighted by molar-refractivity contribution is 5.76. The molecule has 0 radical (unpaired) electrons. The van der Waals surface area contributed by atoms with Crippen molar-refractivity contribution in [3.8, 4) is 0 Å². The van der Waals surface area contributed by atoms with Gasteiger partial charge < -0.3 is 20.6 Å². The zero-order valence-corrected chi connectivity index (χ0v) is 51.0. The zero-order valence-electron chi connectivity index (χ0n) is 51.0. The molecule has 3 atom stereocenters. The molecule has 0 aliphatic carbocycles. The molecule has 0 aliphatic heterocycles. The van der Waals surface area contributed by atoms with Gasteiger partial charge in [-0.15, -0.1) is 0 Å². The molecule has 1 amide bonds. The molecule has 444 valence electrons. The average molecular weight is 1050 g/mol. The lowest BCUT2D eigenvalue weighted by atomic mass is 9.99. The molecule has 4 N–H and O–H groups in total. The van der Waals surface area contributed by atoms with E-state index in [2.05, 4.69) is 19.2 Å². The van der Waals surface area contributed by atoms with E-state index in [9.17, 15) is 20.1 Å². The fourth-order valence-corrected chi connectivity index (χ4v) is 11.6. The third-order valence-corrected chi connectivity index (χ3v) is 17.0. The maximum Gasteiger partial charge on any atom is 0.220 e. The van der Waals surface area contributed by atoms with Crippen LogP contribution in [-0.2, 0) is 4.79 Å². The van der Waals surface area contributed by atoms with Crippen LogP contribution in [0.5, 0.6) is 0 Å². The first-order valence-electron chi connectivity index (χ1n) is 34.8. The SMILES string of the molecule is CCCCCCCCCCCCCCCCCCCCCCCCCCCCCCCCCCCCCCCCCC(=O)NC(CO)C(O)C(O)CCCCCCCCCCCCCCCCCCCCCCC. The Morgan fingerprint density at radius 1 is 0.284 bits per heavy atom. The zero-order chi connectivity index (χ0) is 53.6. The molecule has 3 unspecified atom stereocenters. The van der Waals surface area contributed by atoms with Gasteiger partial charge in [-0.25, -0.2) is 0 Å². The normalized spacial score (nSPS) is 13.0. The van der Waals surface area contributed by atoms with Crippen molar-refractivity contribution < 1.29 is 20.1 Å². The van der Waals surface area contributed by atoms with Crippen molar-refractivity contribution in [1.29, 1.82) is 0 Å². The van der Waals surface area contributed by atoms with Crippen LogP contribution in [0.3, 0.4) is 0 Å². The highest BCUT2D eigenvalue weighted by Gasteiger charge is 2.26. The van der Waals surface area contributed by atoms with Crippen LogP contribution >= 0.6 is 0 Å². The fourth-order valence-electron chi connectivity index (χ4n) is 11.6. The maximum atomic E-state index is 12.6. The summed E-state index contributed by atoms with van der Waals surface area (Å²) in [7, 11) is 0. The lowest BCUT2D eigenvalue weighted by Gasteiger charge is -2.26. The molecule has 0 heterocycles. The molecule has 0 rings (SSSR count). The molecule has 0 saturated carbocycles. The van der Waals surface area contributed by atoms with Gasteiger partial charge in [0.1, 0.15) is 6.10 Å². The summed E-state index contributed by atoms with van der Waals surface area (Å²) >= 11 is 0. The van der Waals surface area contributed by atoms with Gasteiger partial charge in [-0.2, -0.15) is 0 Å². The van der Waals surface area contributed by atoms with E-state index in [-0.39, 0.29) is 12.5 Å². The van der Waals surface area contributed by atoms with Gasteiger partial charge in [0.25, 0.3) is 0 Å². The Morgan fingerprint density at radius 3 is 0.649 bits per heavy atom. The molecule has 0 aliphatic rings. The molecule has 0 aromatic carbocycles. The van der Waals surface area contributed by atoms with Gasteiger partial charge in [0.15, 0.2) is 0 Å². The number of rotatable bonds is 66. The van der Waals surface area contributed by atoms with Gasteiger partial charge in [-0.3, -0.25) is 4.79 Å². The van der Waals surface area contributed by atoms with Crippen molar-refractivity contribution in [2.24, 2.45) is 0 Å². The smallest absolute Gasteiger partial charge is 0.220 e. The summed E-state index contributed by atoms with van der Waals surface area (Å²) in [5.74, 6) is -0.133. The monoisotopic (exact) mass is 1050 g/mol. The van der Waals surface area contributed by atoms with Gasteiger partial charge in [0.05, 0.1) is 18.8 Å². The van der Waals surface area contributed by atoms with E-state index >= 15 is 0 Å². The van der Waals surface area contributed by atoms with Crippen molar-refractivity contribution in [2.45, 2.75) is 430 Å². The summed E-state index contributed by atoms with van der Waals surface area (Å²) in [5, 5.41) is 33.9. The minimum Gasteiger partial charge on any atom is -0.394 e. The average Bonchev–Trinajstić information content (AvgIpc) is 3.41. The molecule has 0 aromatic rings. The molecule has 0 fully saturated rings. The number of carbonyl (C=O) groups excluding carboxylic acids is 1. The van der Waals surface area contributed by atoms with Crippen LogP contribution in [0, 0.1) is 0 Å². The van der Waals surface area contributed by atoms with Crippen LogP contribution in [0.1, 0.15) is 412 Å². The van der Waals surface area contributed by atoms with Crippen LogP contribution < -0.4 is 5.32 Å². The van der Waals surface area contributed by atoms with Crippen molar-refractivity contribution >= 4 is 5.91 Å². The molecule has 0 saturated heterocycles. The van der Waals surface area contributed by atoms with Gasteiger partial charge in [0, 0.05) is 6.42 Å². The summed E-state index contributed by atoms with van der Waals surface area (Å²) < 4.78 is 0. The Hall–Kier alpha value is -0.650. The van der Waals surface area contributed by atoms with Gasteiger partial charge in [-0.1, -0.05) is 393 Å². The van der Waals surface area contributed by atoms with Crippen LogP contribution in [0.4, 0.5) is 0 Å². The van der Waals surface area contributed by atoms with Crippen molar-refractivity contribution in [3.05, 3.63) is 0 Å². The van der Waals surface area contributed by atoms with E-state index in [1.165, 1.54) is 353 Å². The summed E-state index contributed by atoms with van der Waals surface area (Å²) in [6.45, 7) is 4.24. The summed E-state index contributed by atoms with van der Waals surface area (Å²) in [4.78, 5) is 12.6. The topological polar surface area (TPSA) is 89.8 Å². The minimum absolute atomic E-state index is 0.133. The van der Waals surface area contributed by atoms with Crippen molar-refractivity contribution in [3.63, 3.8) is 0 Å². The number of carbonyl (C=O) groups is 1. The maximum absolute atomic E-state index is 12.6. The van der Waals surface area contributed by atoms with E-state index in [1.807, 2.05) is 0 Å². The number of amides is 1. The Morgan fingerprint density at radius 2 is 0.459 bits per heavy atom. The molecule has 0 aromatic heterocycles. The molecular weight excluding hydrogens is 907 g/mol. The molecule has 0 spiro atoms. The third-order valence-electron chi connectivity index (χ3n) is 17.0. The number of hydrogen-bond donors (Lipinski definition) is 4. The number of unbranched alkanes of at least 4 members (excludes halogenated alkanes) is 58. The van der Waals surface area contributed by atoms with E-state index in [0.29, 0.717) is 12.8 Å². The number of aliphatic hydroxyl groups is 3. The lowest BCUT2D eigenvalue weighted by Crippen LogP contribution is -2.50.